The third-order valence-electron chi connectivity index (χ3n) is 4.77. The van der Waals surface area contributed by atoms with Gasteiger partial charge in [-0.2, -0.15) is 4.98 Å². The summed E-state index contributed by atoms with van der Waals surface area (Å²) < 4.78 is 5.62. The van der Waals surface area contributed by atoms with E-state index in [1.165, 1.54) is 0 Å². The van der Waals surface area contributed by atoms with Gasteiger partial charge in [0.2, 0.25) is 5.82 Å². The Kier molecular flexibility index (Phi) is 5.25. The van der Waals surface area contributed by atoms with E-state index in [4.69, 9.17) is 28.3 Å². The predicted octanol–water partition coefficient (Wildman–Crippen LogP) is 4.41. The smallest absolute Gasteiger partial charge is 0.258 e. The van der Waals surface area contributed by atoms with Crippen molar-refractivity contribution in [2.24, 2.45) is 0 Å². The minimum absolute atomic E-state index is 0.196. The summed E-state index contributed by atoms with van der Waals surface area (Å²) in [6.45, 7) is 1.95. The zero-order chi connectivity index (χ0) is 20.5. The molecule has 1 aliphatic heterocycles. The highest BCUT2D eigenvalue weighted by molar-refractivity contribution is 7.80. The molecule has 0 amide bonds. The van der Waals surface area contributed by atoms with Gasteiger partial charge < -0.3 is 20.1 Å². The van der Waals surface area contributed by atoms with Crippen LogP contribution in [0.5, 0.6) is 0 Å². The van der Waals surface area contributed by atoms with Crippen LogP contribution in [0.4, 0.5) is 5.69 Å². The predicted molar refractivity (Wildman–Crippen MR) is 120 cm³/mol. The molecule has 0 saturated heterocycles. The standard InChI is InChI=1S/C21H20ClN5OS/c1-12-17(20-25-19(26-28-20)14-4-8-15(22)9-5-14)18(24-21(29)23-12)13-6-10-16(11-7-13)27(2)3/h4-11,18H,1-3H3,(H2,23,24,29)/t18-/m0/s1. The zero-order valence-electron chi connectivity index (χ0n) is 16.2. The third-order valence-corrected chi connectivity index (χ3v) is 5.24. The summed E-state index contributed by atoms with van der Waals surface area (Å²) in [5.74, 6) is 0.948. The first-order chi connectivity index (χ1) is 13.9. The summed E-state index contributed by atoms with van der Waals surface area (Å²) >= 11 is 11.4. The number of benzene rings is 2. The monoisotopic (exact) mass is 425 g/mol. The zero-order valence-corrected chi connectivity index (χ0v) is 17.8. The molecular weight excluding hydrogens is 406 g/mol. The highest BCUT2D eigenvalue weighted by Gasteiger charge is 2.30. The molecule has 0 aliphatic carbocycles. The number of aromatic nitrogens is 2. The van der Waals surface area contributed by atoms with Crippen LogP contribution in [0.25, 0.3) is 17.0 Å². The molecular formula is C21H20ClN5OS. The van der Waals surface area contributed by atoms with Crippen LogP contribution in [0.3, 0.4) is 0 Å². The van der Waals surface area contributed by atoms with E-state index in [1.807, 2.05) is 33.2 Å². The topological polar surface area (TPSA) is 66.2 Å². The van der Waals surface area contributed by atoms with Crippen LogP contribution in [-0.4, -0.2) is 29.3 Å². The molecule has 0 fully saturated rings. The first-order valence-corrected chi connectivity index (χ1v) is 9.86. The van der Waals surface area contributed by atoms with E-state index in [2.05, 4.69) is 49.9 Å². The number of rotatable bonds is 4. The number of allylic oxidation sites excluding steroid dienone is 1. The van der Waals surface area contributed by atoms with Crippen molar-refractivity contribution in [3.05, 3.63) is 70.7 Å². The second-order valence-corrected chi connectivity index (χ2v) is 7.83. The molecule has 0 spiro atoms. The number of halogens is 1. The normalized spacial score (nSPS) is 16.4. The molecule has 148 valence electrons. The Hall–Kier alpha value is -2.90. The van der Waals surface area contributed by atoms with Gasteiger partial charge in [-0.25, -0.2) is 0 Å². The highest BCUT2D eigenvalue weighted by Crippen LogP contribution is 2.35. The summed E-state index contributed by atoms with van der Waals surface area (Å²) in [5.41, 5.74) is 4.75. The molecule has 2 N–H and O–H groups in total. The molecule has 8 heteroatoms. The van der Waals surface area contributed by atoms with Crippen LogP contribution in [0.15, 0.2) is 58.8 Å². The van der Waals surface area contributed by atoms with Gasteiger partial charge in [-0.05, 0) is 61.1 Å². The second kappa shape index (κ2) is 7.85. The minimum Gasteiger partial charge on any atom is -0.378 e. The van der Waals surface area contributed by atoms with E-state index in [-0.39, 0.29) is 6.04 Å². The lowest BCUT2D eigenvalue weighted by Gasteiger charge is -2.29. The fourth-order valence-electron chi connectivity index (χ4n) is 3.24. The maximum Gasteiger partial charge on any atom is 0.258 e. The first-order valence-electron chi connectivity index (χ1n) is 9.08. The van der Waals surface area contributed by atoms with Crippen LogP contribution < -0.4 is 15.5 Å². The molecule has 29 heavy (non-hydrogen) atoms. The van der Waals surface area contributed by atoms with Crippen LogP contribution in [0, 0.1) is 0 Å². The minimum atomic E-state index is -0.196. The number of hydrogen-bond acceptors (Lipinski definition) is 5. The second-order valence-electron chi connectivity index (χ2n) is 6.99. The number of nitrogens with one attached hydrogen (secondary N) is 2. The van der Waals surface area contributed by atoms with E-state index in [0.29, 0.717) is 21.9 Å². The SMILES string of the molecule is CC1=C(c2nc(-c3ccc(Cl)cc3)no2)[C@H](c2ccc(N(C)C)cc2)NC(=S)N1. The number of hydrogen-bond donors (Lipinski definition) is 2. The van der Waals surface area contributed by atoms with Gasteiger partial charge >= 0.3 is 0 Å². The summed E-state index contributed by atoms with van der Waals surface area (Å²) in [5, 5.41) is 11.9. The van der Waals surface area contributed by atoms with Crippen molar-refractivity contribution in [1.82, 2.24) is 20.8 Å². The lowest BCUT2D eigenvalue weighted by atomic mass is 9.95. The Morgan fingerprint density at radius 3 is 2.41 bits per heavy atom. The molecule has 1 aromatic heterocycles. The molecule has 0 unspecified atom stereocenters. The number of thiocarbonyl (C=S) groups is 1. The van der Waals surface area contributed by atoms with Crippen LogP contribution in [-0.2, 0) is 0 Å². The van der Waals surface area contributed by atoms with E-state index in [9.17, 15) is 0 Å². The maximum absolute atomic E-state index is 5.97. The van der Waals surface area contributed by atoms with Crippen molar-refractivity contribution in [2.45, 2.75) is 13.0 Å². The Bertz CT molecular complexity index is 1070. The lowest BCUT2D eigenvalue weighted by molar-refractivity contribution is 0.403. The molecule has 6 nitrogen and oxygen atoms in total. The van der Waals surface area contributed by atoms with Crippen LogP contribution in [0.2, 0.25) is 5.02 Å². The molecule has 4 rings (SSSR count). The quantitative estimate of drug-likeness (QED) is 0.600. The van der Waals surface area contributed by atoms with Gasteiger partial charge in [-0.1, -0.05) is 28.9 Å². The fraction of sp³-hybridized carbons (Fsp3) is 0.190. The Morgan fingerprint density at radius 2 is 1.76 bits per heavy atom. The Labute approximate surface area is 179 Å². The molecule has 3 aromatic rings. The fourth-order valence-corrected chi connectivity index (χ4v) is 3.64. The molecule has 1 aliphatic rings. The van der Waals surface area contributed by atoms with Gasteiger partial charge in [0, 0.05) is 36.1 Å². The van der Waals surface area contributed by atoms with E-state index in [1.54, 1.807) is 12.1 Å². The van der Waals surface area contributed by atoms with Gasteiger partial charge in [-0.15, -0.1) is 0 Å². The van der Waals surface area contributed by atoms with Gasteiger partial charge in [0.1, 0.15) is 0 Å². The lowest BCUT2D eigenvalue weighted by Crippen LogP contribution is -2.42. The van der Waals surface area contributed by atoms with Crippen molar-refractivity contribution in [3.63, 3.8) is 0 Å². The maximum atomic E-state index is 5.97. The summed E-state index contributed by atoms with van der Waals surface area (Å²) in [6, 6.07) is 15.4. The van der Waals surface area contributed by atoms with Crippen molar-refractivity contribution in [3.8, 4) is 11.4 Å². The summed E-state index contributed by atoms with van der Waals surface area (Å²) in [6.07, 6.45) is 0. The van der Waals surface area contributed by atoms with Gasteiger partial charge in [0.05, 0.1) is 11.6 Å². The van der Waals surface area contributed by atoms with Gasteiger partial charge in [0.15, 0.2) is 5.11 Å². The third kappa shape index (κ3) is 3.97. The Morgan fingerprint density at radius 1 is 1.07 bits per heavy atom. The molecule has 2 aromatic carbocycles. The van der Waals surface area contributed by atoms with Crippen LogP contribution >= 0.6 is 23.8 Å². The molecule has 2 heterocycles. The molecule has 1 atom stereocenters. The van der Waals surface area contributed by atoms with Crippen LogP contribution in [0.1, 0.15) is 24.4 Å². The molecule has 0 radical (unpaired) electrons. The van der Waals surface area contributed by atoms with Crippen molar-refractivity contribution in [2.75, 3.05) is 19.0 Å². The largest absolute Gasteiger partial charge is 0.378 e. The van der Waals surface area contributed by atoms with Gasteiger partial charge in [0.25, 0.3) is 5.89 Å². The number of nitrogens with zero attached hydrogens (tertiary/aromatic N) is 3. The van der Waals surface area contributed by atoms with Crippen molar-refractivity contribution in [1.29, 1.82) is 0 Å². The highest BCUT2D eigenvalue weighted by atomic mass is 35.5. The average Bonchev–Trinajstić information content (AvgIpc) is 3.17. The summed E-state index contributed by atoms with van der Waals surface area (Å²) in [4.78, 5) is 6.68. The molecule has 0 bridgehead atoms. The number of anilines is 1. The summed E-state index contributed by atoms with van der Waals surface area (Å²) in [7, 11) is 4.03. The van der Waals surface area contributed by atoms with Crippen molar-refractivity contribution >= 4 is 40.2 Å². The average molecular weight is 426 g/mol. The molecule has 0 saturated carbocycles. The van der Waals surface area contributed by atoms with E-state index in [0.717, 1.165) is 28.1 Å². The van der Waals surface area contributed by atoms with Gasteiger partial charge in [-0.3, -0.25) is 0 Å². The van der Waals surface area contributed by atoms with Crippen molar-refractivity contribution < 1.29 is 4.52 Å². The first kappa shape index (κ1) is 19.4. The Balaban J connectivity index is 1.72. The van der Waals surface area contributed by atoms with E-state index < -0.39 is 0 Å². The van der Waals surface area contributed by atoms with E-state index >= 15 is 0 Å².